The van der Waals surface area contributed by atoms with Crippen LogP contribution in [0.3, 0.4) is 0 Å². The molecule has 0 amide bonds. The molecule has 0 spiro atoms. The second-order valence-corrected chi connectivity index (χ2v) is 7.82. The number of ether oxygens (including phenoxy) is 1. The highest BCUT2D eigenvalue weighted by molar-refractivity contribution is 7.89. The van der Waals surface area contributed by atoms with Crippen molar-refractivity contribution in [2.75, 3.05) is 13.2 Å². The first-order chi connectivity index (χ1) is 13.5. The van der Waals surface area contributed by atoms with Crippen molar-refractivity contribution in [2.45, 2.75) is 24.7 Å². The third-order valence-corrected chi connectivity index (χ3v) is 5.40. The Morgan fingerprint density at radius 1 is 1.18 bits per heavy atom. The Bertz CT molecular complexity index is 1020. The number of aromatic nitrogens is 3. The number of H-pyrrole nitrogens is 1. The number of benzene rings is 2. The van der Waals surface area contributed by atoms with Gasteiger partial charge in [-0.05, 0) is 48.9 Å². The lowest BCUT2D eigenvalue weighted by molar-refractivity contribution is 0.340. The summed E-state index contributed by atoms with van der Waals surface area (Å²) in [5.41, 5.74) is 0.777. The van der Waals surface area contributed by atoms with Crippen molar-refractivity contribution in [3.63, 3.8) is 0 Å². The molecule has 28 heavy (non-hydrogen) atoms. The molecule has 0 aliphatic carbocycles. The van der Waals surface area contributed by atoms with Crippen LogP contribution >= 0.6 is 0 Å². The number of hydrogen-bond acceptors (Lipinski definition) is 5. The fraction of sp³-hybridized carbons (Fsp3) is 0.263. The fourth-order valence-corrected chi connectivity index (χ4v) is 3.66. The van der Waals surface area contributed by atoms with Gasteiger partial charge in [-0.2, -0.15) is 5.10 Å². The van der Waals surface area contributed by atoms with Crippen LogP contribution in [-0.2, 0) is 22.9 Å². The van der Waals surface area contributed by atoms with Crippen molar-refractivity contribution in [3.05, 3.63) is 71.6 Å². The SMILES string of the molecule is CCOc1ccc(S(=O)(=O)NCCc2n[nH]c(Cc3cccc(F)c3)n2)cc1. The summed E-state index contributed by atoms with van der Waals surface area (Å²) in [6.45, 7) is 2.54. The van der Waals surface area contributed by atoms with Gasteiger partial charge in [0.1, 0.15) is 17.4 Å². The fourth-order valence-electron chi connectivity index (χ4n) is 2.63. The summed E-state index contributed by atoms with van der Waals surface area (Å²) in [6.07, 6.45) is 0.749. The van der Waals surface area contributed by atoms with Gasteiger partial charge in [0.2, 0.25) is 10.0 Å². The summed E-state index contributed by atoms with van der Waals surface area (Å²) in [6, 6.07) is 12.5. The van der Waals surface area contributed by atoms with Crippen molar-refractivity contribution in [2.24, 2.45) is 0 Å². The summed E-state index contributed by atoms with van der Waals surface area (Å²) in [4.78, 5) is 4.48. The average molecular weight is 404 g/mol. The van der Waals surface area contributed by atoms with Gasteiger partial charge in [-0.15, -0.1) is 0 Å². The number of nitrogens with one attached hydrogen (secondary N) is 2. The van der Waals surface area contributed by atoms with Crippen LogP contribution in [0.25, 0.3) is 0 Å². The third kappa shape index (κ3) is 5.37. The molecule has 2 aromatic carbocycles. The molecule has 0 unspecified atom stereocenters. The van der Waals surface area contributed by atoms with Gasteiger partial charge in [0.15, 0.2) is 5.82 Å². The monoisotopic (exact) mass is 404 g/mol. The largest absolute Gasteiger partial charge is 0.494 e. The van der Waals surface area contributed by atoms with E-state index in [0.717, 1.165) is 5.56 Å². The summed E-state index contributed by atoms with van der Waals surface area (Å²) >= 11 is 0. The number of nitrogens with zero attached hydrogens (tertiary/aromatic N) is 2. The first-order valence-electron chi connectivity index (χ1n) is 8.83. The molecule has 3 aromatic rings. The Morgan fingerprint density at radius 2 is 1.96 bits per heavy atom. The minimum atomic E-state index is -3.62. The maximum Gasteiger partial charge on any atom is 0.240 e. The second kappa shape index (κ2) is 8.94. The highest BCUT2D eigenvalue weighted by Crippen LogP contribution is 2.15. The normalized spacial score (nSPS) is 11.5. The molecule has 9 heteroatoms. The molecule has 1 heterocycles. The molecule has 2 N–H and O–H groups in total. The zero-order valence-electron chi connectivity index (χ0n) is 15.4. The summed E-state index contributed by atoms with van der Waals surface area (Å²) in [5.74, 6) is 1.39. The minimum absolute atomic E-state index is 0.160. The molecule has 0 fully saturated rings. The molecule has 1 aromatic heterocycles. The molecule has 0 atom stereocenters. The van der Waals surface area contributed by atoms with Crippen LogP contribution in [0, 0.1) is 5.82 Å². The lowest BCUT2D eigenvalue weighted by Gasteiger charge is -2.07. The Morgan fingerprint density at radius 3 is 2.68 bits per heavy atom. The van der Waals surface area contributed by atoms with Gasteiger partial charge < -0.3 is 4.74 Å². The summed E-state index contributed by atoms with van der Waals surface area (Å²) < 4.78 is 45.7. The van der Waals surface area contributed by atoms with Crippen LogP contribution in [0.1, 0.15) is 24.1 Å². The first kappa shape index (κ1) is 20.0. The molecule has 0 radical (unpaired) electrons. The van der Waals surface area contributed by atoms with Crippen LogP contribution in [0.15, 0.2) is 53.4 Å². The average Bonchev–Trinajstić information content (AvgIpc) is 3.09. The van der Waals surface area contributed by atoms with Gasteiger partial charge in [0, 0.05) is 19.4 Å². The standard InChI is InChI=1S/C19H21FN4O3S/c1-2-27-16-6-8-17(9-7-16)28(25,26)21-11-10-18-22-19(24-23-18)13-14-4-3-5-15(20)12-14/h3-9,12,21H,2,10-11,13H2,1H3,(H,22,23,24). The predicted octanol–water partition coefficient (Wildman–Crippen LogP) is 2.45. The topological polar surface area (TPSA) is 97.0 Å². The van der Waals surface area contributed by atoms with Crippen LogP contribution in [-0.4, -0.2) is 36.8 Å². The molecule has 0 aliphatic heterocycles. The molecule has 7 nitrogen and oxygen atoms in total. The molecule has 0 bridgehead atoms. The van der Waals surface area contributed by atoms with Crippen LogP contribution in [0.4, 0.5) is 4.39 Å². The van der Waals surface area contributed by atoms with Crippen LogP contribution in [0.5, 0.6) is 5.75 Å². The Labute approximate surface area is 163 Å². The Hall–Kier alpha value is -2.78. The van der Waals surface area contributed by atoms with Crippen molar-refractivity contribution in [1.29, 1.82) is 0 Å². The molecule has 0 saturated carbocycles. The van der Waals surface area contributed by atoms with E-state index in [1.165, 1.54) is 24.3 Å². The molecule has 0 aliphatic rings. The number of rotatable bonds is 9. The summed E-state index contributed by atoms with van der Waals surface area (Å²) in [7, 11) is -3.62. The van der Waals surface area contributed by atoms with Gasteiger partial charge in [-0.1, -0.05) is 12.1 Å². The van der Waals surface area contributed by atoms with Gasteiger partial charge in [-0.3, -0.25) is 5.10 Å². The van der Waals surface area contributed by atoms with E-state index in [1.807, 2.05) is 6.92 Å². The molecule has 148 valence electrons. The Kier molecular flexibility index (Phi) is 6.37. The van der Waals surface area contributed by atoms with E-state index < -0.39 is 10.0 Å². The number of sulfonamides is 1. The zero-order chi connectivity index (χ0) is 20.0. The van der Waals surface area contributed by atoms with Gasteiger partial charge >= 0.3 is 0 Å². The Balaban J connectivity index is 1.53. The van der Waals surface area contributed by atoms with E-state index in [0.29, 0.717) is 36.8 Å². The quantitative estimate of drug-likeness (QED) is 0.571. The van der Waals surface area contributed by atoms with Gasteiger partial charge in [-0.25, -0.2) is 22.5 Å². The smallest absolute Gasteiger partial charge is 0.240 e. The first-order valence-corrected chi connectivity index (χ1v) is 10.3. The van der Waals surface area contributed by atoms with Crippen molar-refractivity contribution < 1.29 is 17.5 Å². The van der Waals surface area contributed by atoms with Crippen LogP contribution < -0.4 is 9.46 Å². The maximum absolute atomic E-state index is 13.2. The lowest BCUT2D eigenvalue weighted by atomic mass is 10.1. The van der Waals surface area contributed by atoms with E-state index in [9.17, 15) is 12.8 Å². The number of hydrogen-bond donors (Lipinski definition) is 2. The highest BCUT2D eigenvalue weighted by atomic mass is 32.2. The van der Waals surface area contributed by atoms with E-state index in [4.69, 9.17) is 4.74 Å². The molecule has 3 rings (SSSR count). The van der Waals surface area contributed by atoms with Crippen molar-refractivity contribution >= 4 is 10.0 Å². The van der Waals surface area contributed by atoms with Gasteiger partial charge in [0.25, 0.3) is 0 Å². The molecular formula is C19H21FN4O3S. The molecule has 0 saturated heterocycles. The van der Waals surface area contributed by atoms with E-state index in [2.05, 4.69) is 19.9 Å². The molecular weight excluding hydrogens is 383 g/mol. The number of halogens is 1. The van der Waals surface area contributed by atoms with E-state index >= 15 is 0 Å². The predicted molar refractivity (Wildman–Crippen MR) is 102 cm³/mol. The van der Waals surface area contributed by atoms with E-state index in [1.54, 1.807) is 24.3 Å². The van der Waals surface area contributed by atoms with E-state index in [-0.39, 0.29) is 17.3 Å². The van der Waals surface area contributed by atoms with Crippen molar-refractivity contribution in [1.82, 2.24) is 19.9 Å². The third-order valence-electron chi connectivity index (χ3n) is 3.92. The summed E-state index contributed by atoms with van der Waals surface area (Å²) in [5, 5.41) is 6.87. The lowest BCUT2D eigenvalue weighted by Crippen LogP contribution is -2.26. The minimum Gasteiger partial charge on any atom is -0.494 e. The number of aromatic amines is 1. The van der Waals surface area contributed by atoms with Gasteiger partial charge in [0.05, 0.1) is 11.5 Å². The zero-order valence-corrected chi connectivity index (χ0v) is 16.2. The van der Waals surface area contributed by atoms with Crippen molar-refractivity contribution in [3.8, 4) is 5.75 Å². The second-order valence-electron chi connectivity index (χ2n) is 6.06. The van der Waals surface area contributed by atoms with Crippen LogP contribution in [0.2, 0.25) is 0 Å². The maximum atomic E-state index is 13.2. The highest BCUT2D eigenvalue weighted by Gasteiger charge is 2.14.